The van der Waals surface area contributed by atoms with Gasteiger partial charge in [0.25, 0.3) is 0 Å². The maximum Gasteiger partial charge on any atom is -0.358 e. The van der Waals surface area contributed by atoms with Crippen molar-refractivity contribution in [3.8, 4) is 0 Å². The van der Waals surface area contributed by atoms with Crippen LogP contribution in [0.4, 0.5) is 0 Å². The Bertz CT molecular complexity index is 364. The summed E-state index contributed by atoms with van der Waals surface area (Å²) in [6.45, 7) is 42.5. The molecule has 0 bridgehead atoms. The van der Waals surface area contributed by atoms with Crippen molar-refractivity contribution in [3.05, 3.63) is 34.1 Å². The van der Waals surface area contributed by atoms with Gasteiger partial charge in [-0.05, 0) is 0 Å². The first-order valence-electron chi connectivity index (χ1n) is 8.50. The quantitative estimate of drug-likeness (QED) is 0.130. The molecule has 0 spiro atoms. The molecular weight excluding hydrogens is 779 g/mol. The molecule has 0 saturated heterocycles. The Kier molecular flexibility index (Phi) is 15.3. The van der Waals surface area contributed by atoms with Gasteiger partial charge < -0.3 is 7.43 Å². The van der Waals surface area contributed by atoms with Crippen LogP contribution in [0.2, 0.25) is 0 Å². The molecular formula is C21H47Au2Cl2P2-2. The summed E-state index contributed by atoms with van der Waals surface area (Å²) in [5.41, 5.74) is 0. The maximum atomic E-state index is 6.65. The van der Waals surface area contributed by atoms with E-state index in [1.807, 2.05) is 0 Å². The predicted octanol–water partition coefficient (Wildman–Crippen LogP) is 10.2. The van der Waals surface area contributed by atoms with E-state index in [0.717, 1.165) is 0 Å². The predicted molar refractivity (Wildman–Crippen MR) is 132 cm³/mol. The summed E-state index contributed by atoms with van der Waals surface area (Å²) in [7, 11) is 0. The Hall–Kier alpha value is 2.92. The van der Waals surface area contributed by atoms with Crippen molar-refractivity contribution in [3.63, 3.8) is 0 Å². The minimum Gasteiger partial charge on any atom is -0.358 e. The number of halogens is 2. The van der Waals surface area contributed by atoms with Gasteiger partial charge in [-0.15, -0.1) is 0 Å². The maximum absolute atomic E-state index is 6.65. The molecule has 0 aliphatic carbocycles. The van der Waals surface area contributed by atoms with E-state index in [9.17, 15) is 0 Å². The minimum absolute atomic E-state index is 0. The zero-order chi connectivity index (χ0) is 20.9. The average molecular weight is 826 g/mol. The van der Waals surface area contributed by atoms with E-state index in [4.69, 9.17) is 22.5 Å². The molecule has 27 heavy (non-hydrogen) atoms. The summed E-state index contributed by atoms with van der Waals surface area (Å²) in [5, 5.41) is -0.0341. The van der Waals surface area contributed by atoms with Gasteiger partial charge in [-0.25, -0.2) is 0 Å². The number of hydrogen-bond acceptors (Lipinski definition) is 0. The van der Waals surface area contributed by atoms with Crippen LogP contribution in [0.5, 0.6) is 0 Å². The van der Waals surface area contributed by atoms with Crippen LogP contribution in [0, 0.1) is 34.1 Å². The monoisotopic (exact) mass is 825 g/mol. The molecule has 0 N–H and O–H groups in total. The molecule has 0 saturated carbocycles. The van der Waals surface area contributed by atoms with E-state index in [0.29, 0.717) is 0 Å². The second kappa shape index (κ2) is 10.2. The van der Waals surface area contributed by atoms with Gasteiger partial charge >= 0.3 is 187 Å². The smallest absolute Gasteiger partial charge is 0.358 e. The van der Waals surface area contributed by atoms with E-state index in [2.05, 4.69) is 110 Å². The standard InChI is InChI=1S/2C10H22ClP.CH3.2Au/c2*1-9(2,3)12(7,8,11)10(4,5)6;;;/h2*7-8H2,1-6H3;1H3;;/q2*-2;-1;;+3. The summed E-state index contributed by atoms with van der Waals surface area (Å²) in [4.78, 5) is 0. The van der Waals surface area contributed by atoms with Crippen LogP contribution in [0.1, 0.15) is 83.1 Å². The average Bonchev–Trinajstić information content (AvgIpc) is 2.07. The Morgan fingerprint density at radius 1 is 0.481 bits per heavy atom. The Balaban J connectivity index is -0.000000108. The topological polar surface area (TPSA) is 0 Å². The van der Waals surface area contributed by atoms with E-state index in [1.54, 1.807) is 0 Å². The zero-order valence-electron chi connectivity index (χ0n) is 20.1. The van der Waals surface area contributed by atoms with Crippen LogP contribution in [0.3, 0.4) is 0 Å². The molecule has 0 aliphatic rings. The van der Waals surface area contributed by atoms with Crippen molar-refractivity contribution in [1.82, 2.24) is 0 Å². The molecule has 0 aromatic carbocycles. The van der Waals surface area contributed by atoms with Crippen molar-refractivity contribution in [2.45, 2.75) is 104 Å². The van der Waals surface area contributed by atoms with E-state index >= 15 is 0 Å². The van der Waals surface area contributed by atoms with E-state index in [-0.39, 0.29) is 72.8 Å². The largest absolute Gasteiger partial charge is 0.358 e. The Labute approximate surface area is 215 Å². The first-order valence-corrected chi connectivity index (χ1v) is 15.5. The fourth-order valence-electron chi connectivity index (χ4n) is 2.01. The van der Waals surface area contributed by atoms with Gasteiger partial charge in [0, 0.05) is 22.4 Å². The van der Waals surface area contributed by atoms with Crippen LogP contribution < -0.4 is 0 Å². The first-order chi connectivity index (χ1) is 9.58. The summed E-state index contributed by atoms with van der Waals surface area (Å²) in [6.07, 6.45) is 0. The molecule has 0 heterocycles. The normalized spacial score (nSPS) is 16.5. The van der Waals surface area contributed by atoms with Gasteiger partial charge in [-0.2, -0.15) is 0 Å². The van der Waals surface area contributed by atoms with Crippen LogP contribution in [0.15, 0.2) is 0 Å². The van der Waals surface area contributed by atoms with Gasteiger partial charge in [0.1, 0.15) is 0 Å². The Morgan fingerprint density at radius 3 is 0.556 bits per heavy atom. The molecule has 0 rings (SSSR count). The third kappa shape index (κ3) is 8.08. The fourth-order valence-corrected chi connectivity index (χ4v) is 6.04. The second-order valence-electron chi connectivity index (χ2n) is 11.4. The fraction of sp³-hybridized carbons (Fsp3) is 0.762. The van der Waals surface area contributed by atoms with Gasteiger partial charge in [0.2, 0.25) is 0 Å². The SMILES string of the molecule is [Au+3].[Au].[CH2-]P([CH2-])(Cl)(C(C)(C)C)C(C)(C)C.[CH2-]P([CH2-])(Cl)(C(C)(C)C)C(C)(C)C.[CH3-]. The number of hydrogen-bond donors (Lipinski definition) is 0. The summed E-state index contributed by atoms with van der Waals surface area (Å²) in [5.74, 6) is -5.21. The van der Waals surface area contributed by atoms with Gasteiger partial charge in [-0.3, -0.25) is 0 Å². The molecule has 0 fully saturated rings. The first kappa shape index (κ1) is 40.3. The summed E-state index contributed by atoms with van der Waals surface area (Å²) < 4.78 is 0. The number of rotatable bonds is 0. The molecule has 0 nitrogen and oxygen atoms in total. The minimum atomic E-state index is -2.61. The van der Waals surface area contributed by atoms with Gasteiger partial charge in [0.05, 0.1) is 0 Å². The van der Waals surface area contributed by atoms with Crippen molar-refractivity contribution in [2.75, 3.05) is 0 Å². The van der Waals surface area contributed by atoms with Crippen LogP contribution >= 0.6 is 34.4 Å². The molecule has 0 atom stereocenters. The summed E-state index contributed by atoms with van der Waals surface area (Å²) >= 11 is 13.3. The van der Waals surface area contributed by atoms with Crippen LogP contribution in [-0.4, -0.2) is 20.6 Å². The van der Waals surface area contributed by atoms with Gasteiger partial charge in [0.15, 0.2) is 0 Å². The van der Waals surface area contributed by atoms with Crippen molar-refractivity contribution < 1.29 is 44.8 Å². The van der Waals surface area contributed by atoms with E-state index < -0.39 is 11.9 Å². The molecule has 0 aromatic rings. The van der Waals surface area contributed by atoms with E-state index in [1.165, 1.54) is 0 Å². The van der Waals surface area contributed by atoms with Crippen LogP contribution in [0.25, 0.3) is 0 Å². The second-order valence-corrected chi connectivity index (χ2v) is 27.2. The van der Waals surface area contributed by atoms with Crippen molar-refractivity contribution in [1.29, 1.82) is 0 Å². The van der Waals surface area contributed by atoms with Gasteiger partial charge in [-0.1, -0.05) is 0 Å². The molecule has 179 valence electrons. The Morgan fingerprint density at radius 2 is 0.556 bits per heavy atom. The molecule has 0 unspecified atom stereocenters. The van der Waals surface area contributed by atoms with Crippen LogP contribution in [-0.2, 0) is 44.8 Å². The molecule has 1 radical (unpaired) electrons. The molecule has 6 heteroatoms. The third-order valence-electron chi connectivity index (χ3n) is 6.15. The molecule has 0 aliphatic heterocycles. The van der Waals surface area contributed by atoms with Crippen molar-refractivity contribution in [2.24, 2.45) is 0 Å². The molecule has 0 aromatic heterocycles. The third-order valence-corrected chi connectivity index (χ3v) is 24.5. The van der Waals surface area contributed by atoms with Crippen molar-refractivity contribution >= 4 is 34.4 Å². The zero-order valence-corrected chi connectivity index (χ0v) is 27.7. The summed E-state index contributed by atoms with van der Waals surface area (Å²) in [6, 6.07) is 0. The molecule has 0 amide bonds.